The van der Waals surface area contributed by atoms with E-state index in [0.717, 1.165) is 5.65 Å². The van der Waals surface area contributed by atoms with E-state index >= 15 is 0 Å². The topological polar surface area (TPSA) is 56.0 Å². The van der Waals surface area contributed by atoms with Gasteiger partial charge in [0, 0.05) is 18.6 Å². The first-order valence-corrected chi connectivity index (χ1v) is 5.40. The van der Waals surface area contributed by atoms with E-state index in [1.54, 1.807) is 29.0 Å². The molecule has 0 fully saturated rings. The van der Waals surface area contributed by atoms with Gasteiger partial charge in [-0.3, -0.25) is 0 Å². The molecule has 0 bridgehead atoms. The van der Waals surface area contributed by atoms with Gasteiger partial charge in [0.1, 0.15) is 0 Å². The Bertz CT molecular complexity index is 542. The summed E-state index contributed by atoms with van der Waals surface area (Å²) in [4.78, 5) is 4.02. The minimum atomic E-state index is 0.356. The van der Waals surface area contributed by atoms with Crippen LogP contribution in [0.2, 0.25) is 10.3 Å². The maximum atomic E-state index is 5.38. The van der Waals surface area contributed by atoms with Crippen LogP contribution in [0.3, 0.4) is 0 Å². The molecule has 0 spiro atoms. The normalized spacial score (nSPS) is 9.76. The fourth-order valence-corrected chi connectivity index (χ4v) is 1.27. The standard InChI is InChI=1S/C6H5N3.C4H2Cl2N2/c1-2-6-7-4-5-9(6)8-3-1;5-3-1-2-4(6)8-7-3/h1-5H;1-2H. The third-order valence-electron chi connectivity index (χ3n) is 1.77. The van der Waals surface area contributed by atoms with Crippen LogP contribution in [0.25, 0.3) is 5.65 Å². The van der Waals surface area contributed by atoms with Crippen LogP contribution in [-0.2, 0) is 0 Å². The smallest absolute Gasteiger partial charge is 0.153 e. The molecule has 3 aromatic rings. The van der Waals surface area contributed by atoms with E-state index in [1.807, 2.05) is 18.3 Å². The van der Waals surface area contributed by atoms with E-state index < -0.39 is 0 Å². The Morgan fingerprint density at radius 1 is 0.941 bits per heavy atom. The molecule has 86 valence electrons. The summed E-state index contributed by atoms with van der Waals surface area (Å²) >= 11 is 10.8. The second-order valence-electron chi connectivity index (χ2n) is 2.93. The Morgan fingerprint density at radius 3 is 2.24 bits per heavy atom. The number of hydrogen-bond acceptors (Lipinski definition) is 4. The highest BCUT2D eigenvalue weighted by molar-refractivity contribution is 6.31. The molecule has 0 saturated carbocycles. The van der Waals surface area contributed by atoms with Crippen LogP contribution >= 0.6 is 23.2 Å². The lowest BCUT2D eigenvalue weighted by Crippen LogP contribution is -1.85. The molecule has 7 heteroatoms. The number of fused-ring (bicyclic) bond motifs is 1. The average Bonchev–Trinajstić information content (AvgIpc) is 2.82. The van der Waals surface area contributed by atoms with E-state index in [2.05, 4.69) is 20.3 Å². The molecule has 0 N–H and O–H groups in total. The molecule has 3 heterocycles. The van der Waals surface area contributed by atoms with Crippen molar-refractivity contribution in [3.05, 3.63) is 53.2 Å². The van der Waals surface area contributed by atoms with Crippen LogP contribution < -0.4 is 0 Å². The average molecular weight is 268 g/mol. The van der Waals surface area contributed by atoms with Gasteiger partial charge in [0.05, 0.1) is 0 Å². The minimum Gasteiger partial charge on any atom is -0.236 e. The molecule has 0 unspecified atom stereocenters. The number of nitrogens with zero attached hydrogens (tertiary/aromatic N) is 5. The highest BCUT2D eigenvalue weighted by atomic mass is 35.5. The van der Waals surface area contributed by atoms with Crippen LogP contribution in [0.5, 0.6) is 0 Å². The van der Waals surface area contributed by atoms with Crippen molar-refractivity contribution in [1.82, 2.24) is 24.8 Å². The third kappa shape index (κ3) is 3.37. The number of rotatable bonds is 0. The SMILES string of the molecule is Clc1ccc(Cl)nn1.c1cnn2ccnc2c1. The Kier molecular flexibility index (Phi) is 3.85. The van der Waals surface area contributed by atoms with Crippen molar-refractivity contribution in [2.75, 3.05) is 0 Å². The first-order chi connectivity index (χ1) is 8.25. The maximum absolute atomic E-state index is 5.38. The fourth-order valence-electron chi connectivity index (χ4n) is 1.06. The molecule has 17 heavy (non-hydrogen) atoms. The molecule has 5 nitrogen and oxygen atoms in total. The Balaban J connectivity index is 0.000000128. The maximum Gasteiger partial charge on any atom is 0.153 e. The molecule has 0 aliphatic heterocycles. The van der Waals surface area contributed by atoms with Gasteiger partial charge in [-0.05, 0) is 24.3 Å². The monoisotopic (exact) mass is 267 g/mol. The predicted molar refractivity (Wildman–Crippen MR) is 65.0 cm³/mol. The van der Waals surface area contributed by atoms with Crippen LogP contribution in [0.15, 0.2) is 42.9 Å². The second kappa shape index (κ2) is 5.56. The van der Waals surface area contributed by atoms with Crippen LogP contribution in [0.4, 0.5) is 0 Å². The summed E-state index contributed by atoms with van der Waals surface area (Å²) in [6.07, 6.45) is 5.27. The van der Waals surface area contributed by atoms with E-state index in [4.69, 9.17) is 23.2 Å². The van der Waals surface area contributed by atoms with Crippen molar-refractivity contribution in [2.24, 2.45) is 0 Å². The molecule has 3 rings (SSSR count). The van der Waals surface area contributed by atoms with Crippen molar-refractivity contribution < 1.29 is 0 Å². The summed E-state index contributed by atoms with van der Waals surface area (Å²) in [6.45, 7) is 0. The zero-order valence-corrected chi connectivity index (χ0v) is 10.0. The molecule has 3 aromatic heterocycles. The Hall–Kier alpha value is -1.72. The van der Waals surface area contributed by atoms with Crippen LogP contribution in [-0.4, -0.2) is 24.8 Å². The van der Waals surface area contributed by atoms with Crippen LogP contribution in [0.1, 0.15) is 0 Å². The summed E-state index contributed by atoms with van der Waals surface area (Å²) in [5, 5.41) is 11.6. The summed E-state index contributed by atoms with van der Waals surface area (Å²) < 4.78 is 1.72. The highest BCUT2D eigenvalue weighted by Crippen LogP contribution is 2.05. The zero-order chi connectivity index (χ0) is 12.1. The number of aromatic nitrogens is 5. The van der Waals surface area contributed by atoms with E-state index in [0.29, 0.717) is 10.3 Å². The van der Waals surface area contributed by atoms with Crippen molar-refractivity contribution >= 4 is 28.8 Å². The van der Waals surface area contributed by atoms with Crippen molar-refractivity contribution in [2.45, 2.75) is 0 Å². The van der Waals surface area contributed by atoms with Crippen molar-refractivity contribution in [3.8, 4) is 0 Å². The largest absolute Gasteiger partial charge is 0.236 e. The van der Waals surface area contributed by atoms with Gasteiger partial charge >= 0.3 is 0 Å². The molecule has 0 atom stereocenters. The highest BCUT2D eigenvalue weighted by Gasteiger charge is 1.87. The van der Waals surface area contributed by atoms with Crippen molar-refractivity contribution in [1.29, 1.82) is 0 Å². The van der Waals surface area contributed by atoms with E-state index in [1.165, 1.54) is 0 Å². The van der Waals surface area contributed by atoms with Gasteiger partial charge in [-0.2, -0.15) is 5.10 Å². The van der Waals surface area contributed by atoms with Crippen molar-refractivity contribution in [3.63, 3.8) is 0 Å². The van der Waals surface area contributed by atoms with E-state index in [-0.39, 0.29) is 0 Å². The fraction of sp³-hybridized carbons (Fsp3) is 0. The Labute approximate surface area is 107 Å². The number of hydrogen-bond donors (Lipinski definition) is 0. The summed E-state index contributed by atoms with van der Waals surface area (Å²) in [6, 6.07) is 6.93. The summed E-state index contributed by atoms with van der Waals surface area (Å²) in [5.74, 6) is 0. The molecule has 0 amide bonds. The first-order valence-electron chi connectivity index (χ1n) is 4.65. The van der Waals surface area contributed by atoms with E-state index in [9.17, 15) is 0 Å². The number of imidazole rings is 1. The molecule has 0 aromatic carbocycles. The van der Waals surface area contributed by atoms with Gasteiger partial charge in [0.25, 0.3) is 0 Å². The van der Waals surface area contributed by atoms with Gasteiger partial charge in [0.15, 0.2) is 16.0 Å². The first kappa shape index (κ1) is 11.8. The molecule has 0 aliphatic rings. The number of halogens is 2. The van der Waals surface area contributed by atoms with Gasteiger partial charge in [-0.25, -0.2) is 9.50 Å². The quantitative estimate of drug-likeness (QED) is 0.628. The lowest BCUT2D eigenvalue weighted by Gasteiger charge is -1.85. The summed E-state index contributed by atoms with van der Waals surface area (Å²) in [7, 11) is 0. The molecule has 0 aliphatic carbocycles. The lowest BCUT2D eigenvalue weighted by atomic mass is 10.6. The molecular weight excluding hydrogens is 261 g/mol. The van der Waals surface area contributed by atoms with Gasteiger partial charge in [-0.15, -0.1) is 10.2 Å². The Morgan fingerprint density at radius 2 is 1.65 bits per heavy atom. The molecule has 0 radical (unpaired) electrons. The zero-order valence-electron chi connectivity index (χ0n) is 8.53. The predicted octanol–water partition coefficient (Wildman–Crippen LogP) is 2.51. The summed E-state index contributed by atoms with van der Waals surface area (Å²) in [5.41, 5.74) is 0.887. The minimum absolute atomic E-state index is 0.356. The second-order valence-corrected chi connectivity index (χ2v) is 3.71. The van der Waals surface area contributed by atoms with Gasteiger partial charge in [-0.1, -0.05) is 23.2 Å². The molecule has 0 saturated heterocycles. The van der Waals surface area contributed by atoms with Gasteiger partial charge in [0.2, 0.25) is 0 Å². The lowest BCUT2D eigenvalue weighted by molar-refractivity contribution is 0.936. The van der Waals surface area contributed by atoms with Crippen LogP contribution in [0, 0.1) is 0 Å². The van der Waals surface area contributed by atoms with Gasteiger partial charge < -0.3 is 0 Å². The third-order valence-corrected chi connectivity index (χ3v) is 2.17. The molecular formula is C10H7Cl2N5.